The Morgan fingerprint density at radius 1 is 1.61 bits per heavy atom. The van der Waals surface area contributed by atoms with E-state index in [2.05, 4.69) is 22.3 Å². The minimum Gasteiger partial charge on any atom is -0.294 e. The summed E-state index contributed by atoms with van der Waals surface area (Å²) in [6, 6.07) is 3.93. The van der Waals surface area contributed by atoms with Gasteiger partial charge in [0, 0.05) is 13.0 Å². The van der Waals surface area contributed by atoms with E-state index in [9.17, 15) is 4.79 Å². The highest BCUT2D eigenvalue weighted by Gasteiger charge is 2.39. The van der Waals surface area contributed by atoms with Crippen molar-refractivity contribution in [3.8, 4) is 10.7 Å². The smallest absolute Gasteiger partial charge is 0.230 e. The van der Waals surface area contributed by atoms with Crippen molar-refractivity contribution in [2.75, 3.05) is 5.32 Å². The van der Waals surface area contributed by atoms with Crippen molar-refractivity contribution in [1.82, 2.24) is 14.8 Å². The second kappa shape index (κ2) is 4.20. The molecule has 1 N–H and O–H groups in total. The first-order valence-corrected chi connectivity index (χ1v) is 6.79. The number of hydrogen-bond donors (Lipinski definition) is 1. The zero-order valence-electron chi connectivity index (χ0n) is 10.3. The van der Waals surface area contributed by atoms with E-state index in [1.165, 1.54) is 0 Å². The second-order valence-corrected chi connectivity index (χ2v) is 5.62. The Morgan fingerprint density at radius 2 is 2.39 bits per heavy atom. The van der Waals surface area contributed by atoms with Gasteiger partial charge in [0.2, 0.25) is 11.9 Å². The fourth-order valence-corrected chi connectivity index (χ4v) is 2.55. The van der Waals surface area contributed by atoms with Crippen LogP contribution in [0.1, 0.15) is 13.3 Å². The fourth-order valence-electron chi connectivity index (χ4n) is 1.89. The lowest BCUT2D eigenvalue weighted by Gasteiger charge is -2.01. The summed E-state index contributed by atoms with van der Waals surface area (Å²) in [7, 11) is 1.79. The van der Waals surface area contributed by atoms with Gasteiger partial charge in [0.25, 0.3) is 0 Å². The SMILES string of the molecule is CC1CC1C(=O)Nc1nc(-c2cccs2)nn1C. The van der Waals surface area contributed by atoms with E-state index in [0.29, 0.717) is 17.7 Å². The van der Waals surface area contributed by atoms with Gasteiger partial charge in [-0.1, -0.05) is 13.0 Å². The molecule has 1 fully saturated rings. The first-order valence-electron chi connectivity index (χ1n) is 5.91. The van der Waals surface area contributed by atoms with Crippen LogP contribution >= 0.6 is 11.3 Å². The highest BCUT2D eigenvalue weighted by atomic mass is 32.1. The van der Waals surface area contributed by atoms with Crippen molar-refractivity contribution < 1.29 is 4.79 Å². The Kier molecular flexibility index (Phi) is 2.66. The molecule has 2 atom stereocenters. The third kappa shape index (κ3) is 2.03. The van der Waals surface area contributed by atoms with Crippen LogP contribution in [0.5, 0.6) is 0 Å². The summed E-state index contributed by atoms with van der Waals surface area (Å²) in [4.78, 5) is 17.2. The van der Waals surface area contributed by atoms with E-state index < -0.39 is 0 Å². The molecule has 18 heavy (non-hydrogen) atoms. The fraction of sp³-hybridized carbons (Fsp3) is 0.417. The van der Waals surface area contributed by atoms with Crippen LogP contribution in [0.4, 0.5) is 5.95 Å². The maximum Gasteiger partial charge on any atom is 0.230 e. The van der Waals surface area contributed by atoms with Crippen molar-refractivity contribution in [2.24, 2.45) is 18.9 Å². The van der Waals surface area contributed by atoms with Crippen LogP contribution in [0.15, 0.2) is 17.5 Å². The van der Waals surface area contributed by atoms with Crippen molar-refractivity contribution in [1.29, 1.82) is 0 Å². The number of aryl methyl sites for hydroxylation is 1. The molecular weight excluding hydrogens is 248 g/mol. The Bertz CT molecular complexity index is 575. The van der Waals surface area contributed by atoms with Gasteiger partial charge in [0.1, 0.15) is 0 Å². The van der Waals surface area contributed by atoms with E-state index in [1.807, 2.05) is 17.5 Å². The molecule has 0 bridgehead atoms. The second-order valence-electron chi connectivity index (χ2n) is 4.67. The molecule has 1 aliphatic rings. The molecule has 94 valence electrons. The Morgan fingerprint density at radius 3 is 3.00 bits per heavy atom. The molecule has 2 aromatic rings. The number of carbonyl (C=O) groups excluding carboxylic acids is 1. The van der Waals surface area contributed by atoms with Crippen LogP contribution in [-0.4, -0.2) is 20.7 Å². The number of nitrogens with one attached hydrogen (secondary N) is 1. The predicted molar refractivity (Wildman–Crippen MR) is 70.2 cm³/mol. The average molecular weight is 262 g/mol. The van der Waals surface area contributed by atoms with Gasteiger partial charge in [0.15, 0.2) is 5.82 Å². The molecule has 2 aromatic heterocycles. The highest BCUT2D eigenvalue weighted by Crippen LogP contribution is 2.38. The quantitative estimate of drug-likeness (QED) is 0.922. The Hall–Kier alpha value is -1.69. The number of thiophene rings is 1. The molecule has 3 rings (SSSR count). The number of hydrogen-bond acceptors (Lipinski definition) is 4. The molecular formula is C12H14N4OS. The summed E-state index contributed by atoms with van der Waals surface area (Å²) in [6.45, 7) is 2.08. The molecule has 0 aromatic carbocycles. The average Bonchev–Trinajstić information content (AvgIpc) is 2.79. The van der Waals surface area contributed by atoms with Gasteiger partial charge >= 0.3 is 0 Å². The molecule has 2 unspecified atom stereocenters. The largest absolute Gasteiger partial charge is 0.294 e. The topological polar surface area (TPSA) is 59.8 Å². The number of aromatic nitrogens is 3. The minimum atomic E-state index is 0.0516. The van der Waals surface area contributed by atoms with Crippen molar-refractivity contribution >= 4 is 23.2 Å². The van der Waals surface area contributed by atoms with E-state index in [1.54, 1.807) is 23.1 Å². The molecule has 0 aliphatic heterocycles. The summed E-state index contributed by atoms with van der Waals surface area (Å²) >= 11 is 1.58. The van der Waals surface area contributed by atoms with Gasteiger partial charge in [-0.25, -0.2) is 4.68 Å². The van der Waals surface area contributed by atoms with Crippen LogP contribution in [0.2, 0.25) is 0 Å². The number of rotatable bonds is 3. The molecule has 1 saturated carbocycles. The standard InChI is InChI=1S/C12H14N4OS/c1-7-6-8(7)11(17)14-12-13-10(15-16(12)2)9-4-3-5-18-9/h3-5,7-8H,6H2,1-2H3,(H,13,14,15,17). The summed E-state index contributed by atoms with van der Waals surface area (Å²) in [5.74, 6) is 1.87. The summed E-state index contributed by atoms with van der Waals surface area (Å²) in [6.07, 6.45) is 0.974. The summed E-state index contributed by atoms with van der Waals surface area (Å²) < 4.78 is 1.61. The lowest BCUT2D eigenvalue weighted by Crippen LogP contribution is -2.17. The molecule has 0 spiro atoms. The molecule has 6 heteroatoms. The third-order valence-electron chi connectivity index (χ3n) is 3.19. The van der Waals surface area contributed by atoms with Gasteiger partial charge in [-0.3, -0.25) is 10.1 Å². The van der Waals surface area contributed by atoms with Gasteiger partial charge < -0.3 is 0 Å². The summed E-state index contributed by atoms with van der Waals surface area (Å²) in [5.41, 5.74) is 0. The minimum absolute atomic E-state index is 0.0516. The predicted octanol–water partition coefficient (Wildman–Crippen LogP) is 2.14. The first kappa shape index (κ1) is 11.4. The number of amides is 1. The summed E-state index contributed by atoms with van der Waals surface area (Å²) in [5, 5.41) is 9.13. The first-order chi connectivity index (χ1) is 8.65. The lowest BCUT2D eigenvalue weighted by molar-refractivity contribution is -0.117. The Balaban J connectivity index is 1.79. The van der Waals surface area contributed by atoms with Crippen LogP contribution in [0, 0.1) is 11.8 Å². The maximum absolute atomic E-state index is 11.8. The molecule has 0 saturated heterocycles. The zero-order valence-corrected chi connectivity index (χ0v) is 11.1. The maximum atomic E-state index is 11.8. The van der Waals surface area contributed by atoms with Gasteiger partial charge in [-0.2, -0.15) is 4.98 Å². The number of nitrogens with zero attached hydrogens (tertiary/aromatic N) is 3. The van der Waals surface area contributed by atoms with Crippen molar-refractivity contribution in [2.45, 2.75) is 13.3 Å². The molecule has 5 nitrogen and oxygen atoms in total. The monoisotopic (exact) mass is 262 g/mol. The normalized spacial score (nSPS) is 21.9. The van der Waals surface area contributed by atoms with E-state index >= 15 is 0 Å². The van der Waals surface area contributed by atoms with E-state index in [4.69, 9.17) is 0 Å². The number of carbonyl (C=O) groups is 1. The van der Waals surface area contributed by atoms with Crippen LogP contribution in [0.3, 0.4) is 0 Å². The van der Waals surface area contributed by atoms with Crippen molar-refractivity contribution in [3.63, 3.8) is 0 Å². The molecule has 1 amide bonds. The van der Waals surface area contributed by atoms with Gasteiger partial charge in [-0.05, 0) is 23.8 Å². The zero-order chi connectivity index (χ0) is 12.7. The van der Waals surface area contributed by atoms with E-state index in [0.717, 1.165) is 11.3 Å². The van der Waals surface area contributed by atoms with Crippen LogP contribution < -0.4 is 5.32 Å². The Labute approximate surface area is 109 Å². The number of anilines is 1. The van der Waals surface area contributed by atoms with Gasteiger partial charge in [0.05, 0.1) is 4.88 Å². The molecule has 1 aliphatic carbocycles. The van der Waals surface area contributed by atoms with Gasteiger partial charge in [-0.15, -0.1) is 16.4 Å². The molecule has 2 heterocycles. The van der Waals surface area contributed by atoms with E-state index in [-0.39, 0.29) is 11.8 Å². The molecule has 0 radical (unpaired) electrons. The van der Waals surface area contributed by atoms with Crippen LogP contribution in [-0.2, 0) is 11.8 Å². The van der Waals surface area contributed by atoms with Crippen molar-refractivity contribution in [3.05, 3.63) is 17.5 Å². The highest BCUT2D eigenvalue weighted by molar-refractivity contribution is 7.13. The van der Waals surface area contributed by atoms with Crippen LogP contribution in [0.25, 0.3) is 10.7 Å². The lowest BCUT2D eigenvalue weighted by atomic mass is 10.3. The third-order valence-corrected chi connectivity index (χ3v) is 4.05.